The molecule has 0 saturated heterocycles. The molecule has 1 aromatic heterocycles. The number of rotatable bonds is 7. The molecule has 116 valence electrons. The van der Waals surface area contributed by atoms with E-state index in [9.17, 15) is 17.2 Å². The number of hydrogen-bond donors (Lipinski definition) is 2. The molecular formula is C13H16F2N2O2S2. The van der Waals surface area contributed by atoms with Crippen LogP contribution in [0.5, 0.6) is 0 Å². The Morgan fingerprint density at radius 1 is 1.29 bits per heavy atom. The standard InChI is InChI=1S/C13H16F2N2O2S2/c1-2-16-7-11-13(21(18,19)17-8-12(14)15)9-5-3-4-6-10(9)20-11/h3-6,12,16-17H,2,7-8H2,1H3. The summed E-state index contributed by atoms with van der Waals surface area (Å²) in [6.07, 6.45) is -2.72. The largest absolute Gasteiger partial charge is 0.312 e. The van der Waals surface area contributed by atoms with Gasteiger partial charge in [-0.1, -0.05) is 25.1 Å². The molecule has 0 fully saturated rings. The van der Waals surface area contributed by atoms with Gasteiger partial charge >= 0.3 is 0 Å². The SMILES string of the molecule is CCNCc1sc2ccccc2c1S(=O)(=O)NCC(F)F. The quantitative estimate of drug-likeness (QED) is 0.818. The van der Waals surface area contributed by atoms with Crippen LogP contribution < -0.4 is 10.0 Å². The summed E-state index contributed by atoms with van der Waals surface area (Å²) in [6.45, 7) is 2.11. The molecule has 0 spiro atoms. The van der Waals surface area contributed by atoms with Gasteiger partial charge in [-0.25, -0.2) is 21.9 Å². The lowest BCUT2D eigenvalue weighted by molar-refractivity contribution is 0.153. The molecule has 0 amide bonds. The van der Waals surface area contributed by atoms with Gasteiger partial charge in [0.1, 0.15) is 4.90 Å². The van der Waals surface area contributed by atoms with E-state index in [2.05, 4.69) is 5.32 Å². The van der Waals surface area contributed by atoms with Crippen LogP contribution in [0.3, 0.4) is 0 Å². The average Bonchev–Trinajstić information content (AvgIpc) is 2.82. The van der Waals surface area contributed by atoms with E-state index < -0.39 is 23.0 Å². The number of benzene rings is 1. The molecule has 0 unspecified atom stereocenters. The third-order valence-corrected chi connectivity index (χ3v) is 5.70. The van der Waals surface area contributed by atoms with E-state index in [0.29, 0.717) is 23.4 Å². The minimum atomic E-state index is -3.96. The van der Waals surface area contributed by atoms with Gasteiger partial charge in [0, 0.05) is 21.5 Å². The van der Waals surface area contributed by atoms with Crippen LogP contribution in [0, 0.1) is 0 Å². The fraction of sp³-hybridized carbons (Fsp3) is 0.385. The van der Waals surface area contributed by atoms with E-state index >= 15 is 0 Å². The van der Waals surface area contributed by atoms with Gasteiger partial charge in [-0.2, -0.15) is 0 Å². The summed E-state index contributed by atoms with van der Waals surface area (Å²) in [5.74, 6) is 0. The molecule has 0 saturated carbocycles. The minimum Gasteiger partial charge on any atom is -0.312 e. The topological polar surface area (TPSA) is 58.2 Å². The van der Waals surface area contributed by atoms with Crippen molar-refractivity contribution in [2.45, 2.75) is 24.8 Å². The maximum atomic E-state index is 12.3. The molecule has 21 heavy (non-hydrogen) atoms. The Morgan fingerprint density at radius 3 is 2.67 bits per heavy atom. The number of sulfonamides is 1. The zero-order chi connectivity index (χ0) is 15.5. The summed E-state index contributed by atoms with van der Waals surface area (Å²) in [6, 6.07) is 7.07. The van der Waals surface area contributed by atoms with Crippen LogP contribution in [0.15, 0.2) is 29.2 Å². The van der Waals surface area contributed by atoms with Crippen molar-refractivity contribution in [1.82, 2.24) is 10.0 Å². The zero-order valence-electron chi connectivity index (χ0n) is 11.4. The Bertz CT molecular complexity index is 714. The monoisotopic (exact) mass is 334 g/mol. The van der Waals surface area contributed by atoms with Crippen molar-refractivity contribution in [1.29, 1.82) is 0 Å². The first-order chi connectivity index (χ1) is 9.95. The van der Waals surface area contributed by atoms with Crippen molar-refractivity contribution in [3.05, 3.63) is 29.1 Å². The Balaban J connectivity index is 2.48. The van der Waals surface area contributed by atoms with E-state index in [1.807, 2.05) is 23.8 Å². The van der Waals surface area contributed by atoms with E-state index in [1.54, 1.807) is 12.1 Å². The van der Waals surface area contributed by atoms with Gasteiger partial charge < -0.3 is 5.32 Å². The van der Waals surface area contributed by atoms with Crippen molar-refractivity contribution in [3.63, 3.8) is 0 Å². The summed E-state index contributed by atoms with van der Waals surface area (Å²) < 4.78 is 52.0. The van der Waals surface area contributed by atoms with Crippen LogP contribution >= 0.6 is 11.3 Å². The molecule has 2 N–H and O–H groups in total. The van der Waals surface area contributed by atoms with Gasteiger partial charge in [-0.15, -0.1) is 11.3 Å². The maximum absolute atomic E-state index is 12.3. The molecule has 0 radical (unpaired) electrons. The van der Waals surface area contributed by atoms with Gasteiger partial charge in [-0.3, -0.25) is 0 Å². The van der Waals surface area contributed by atoms with E-state index in [-0.39, 0.29) is 4.90 Å². The summed E-state index contributed by atoms with van der Waals surface area (Å²) >= 11 is 1.36. The molecular weight excluding hydrogens is 318 g/mol. The third-order valence-electron chi connectivity index (χ3n) is 2.85. The number of alkyl halides is 2. The first kappa shape index (κ1) is 16.3. The minimum absolute atomic E-state index is 0.102. The second kappa shape index (κ2) is 6.78. The van der Waals surface area contributed by atoms with Crippen LogP contribution in [0.2, 0.25) is 0 Å². The van der Waals surface area contributed by atoms with Crippen LogP contribution in [-0.4, -0.2) is 27.9 Å². The smallest absolute Gasteiger partial charge is 0.251 e. The first-order valence-corrected chi connectivity index (χ1v) is 8.74. The maximum Gasteiger partial charge on any atom is 0.251 e. The molecule has 2 aromatic rings. The van der Waals surface area contributed by atoms with Crippen molar-refractivity contribution in [2.75, 3.05) is 13.1 Å². The molecule has 2 rings (SSSR count). The van der Waals surface area contributed by atoms with Crippen molar-refractivity contribution in [2.24, 2.45) is 0 Å². The summed E-state index contributed by atoms with van der Waals surface area (Å²) in [4.78, 5) is 0.726. The molecule has 0 aliphatic carbocycles. The highest BCUT2D eigenvalue weighted by Crippen LogP contribution is 2.34. The lowest BCUT2D eigenvalue weighted by atomic mass is 10.2. The Hall–Kier alpha value is -1.09. The Labute approximate surface area is 126 Å². The Morgan fingerprint density at radius 2 is 2.00 bits per heavy atom. The highest BCUT2D eigenvalue weighted by atomic mass is 32.2. The van der Waals surface area contributed by atoms with Gasteiger partial charge in [0.15, 0.2) is 0 Å². The number of nitrogens with one attached hydrogen (secondary N) is 2. The summed E-state index contributed by atoms with van der Waals surface area (Å²) in [7, 11) is -3.96. The second-order valence-electron chi connectivity index (χ2n) is 4.37. The van der Waals surface area contributed by atoms with Gasteiger partial charge in [0.2, 0.25) is 10.0 Å². The molecule has 8 heteroatoms. The van der Waals surface area contributed by atoms with E-state index in [1.165, 1.54) is 11.3 Å². The van der Waals surface area contributed by atoms with Gasteiger partial charge in [0.25, 0.3) is 6.43 Å². The Kier molecular flexibility index (Phi) is 5.26. The highest BCUT2D eigenvalue weighted by molar-refractivity contribution is 7.90. The predicted octanol–water partition coefficient (Wildman–Crippen LogP) is 2.55. The van der Waals surface area contributed by atoms with E-state index in [4.69, 9.17) is 0 Å². The summed E-state index contributed by atoms with van der Waals surface area (Å²) in [5, 5.41) is 3.64. The molecule has 1 heterocycles. The fourth-order valence-corrected chi connectivity index (χ4v) is 4.88. The average molecular weight is 334 g/mol. The number of halogens is 2. The molecule has 1 aromatic carbocycles. The van der Waals surface area contributed by atoms with Crippen molar-refractivity contribution >= 4 is 31.4 Å². The number of fused-ring (bicyclic) bond motifs is 1. The molecule has 0 aliphatic rings. The van der Waals surface area contributed by atoms with Crippen LogP contribution in [0.4, 0.5) is 8.78 Å². The molecule has 4 nitrogen and oxygen atoms in total. The van der Waals surface area contributed by atoms with Crippen molar-refractivity contribution in [3.8, 4) is 0 Å². The van der Waals surface area contributed by atoms with Crippen molar-refractivity contribution < 1.29 is 17.2 Å². The molecule has 0 atom stereocenters. The van der Waals surface area contributed by atoms with Gasteiger partial charge in [-0.05, 0) is 12.6 Å². The zero-order valence-corrected chi connectivity index (χ0v) is 13.0. The van der Waals surface area contributed by atoms with Crippen LogP contribution in [0.1, 0.15) is 11.8 Å². The number of thiophene rings is 1. The predicted molar refractivity (Wildman–Crippen MR) is 80.4 cm³/mol. The highest BCUT2D eigenvalue weighted by Gasteiger charge is 2.24. The fourth-order valence-electron chi connectivity index (χ4n) is 1.97. The first-order valence-electron chi connectivity index (χ1n) is 6.44. The van der Waals surface area contributed by atoms with Gasteiger partial charge in [0.05, 0.1) is 6.54 Å². The second-order valence-corrected chi connectivity index (χ2v) is 7.21. The lowest BCUT2D eigenvalue weighted by Crippen LogP contribution is -2.29. The van der Waals surface area contributed by atoms with Crippen LogP contribution in [0.25, 0.3) is 10.1 Å². The van der Waals surface area contributed by atoms with E-state index in [0.717, 1.165) is 4.70 Å². The molecule has 0 bridgehead atoms. The number of hydrogen-bond acceptors (Lipinski definition) is 4. The van der Waals surface area contributed by atoms with Crippen LogP contribution in [-0.2, 0) is 16.6 Å². The third kappa shape index (κ3) is 3.76. The summed E-state index contributed by atoms with van der Waals surface area (Å²) in [5.41, 5.74) is 0. The normalized spacial score (nSPS) is 12.4. The molecule has 0 aliphatic heterocycles. The lowest BCUT2D eigenvalue weighted by Gasteiger charge is -2.08.